The number of nitrogens with zero attached hydrogens (tertiary/aromatic N) is 2. The van der Waals surface area contributed by atoms with Crippen LogP contribution < -0.4 is 0 Å². The second-order valence-corrected chi connectivity index (χ2v) is 5.04. The van der Waals surface area contributed by atoms with Crippen molar-refractivity contribution in [3.05, 3.63) is 17.5 Å². The summed E-state index contributed by atoms with van der Waals surface area (Å²) < 4.78 is 2.01. The lowest BCUT2D eigenvalue weighted by atomic mass is 10.3. The van der Waals surface area contributed by atoms with Gasteiger partial charge in [-0.1, -0.05) is 13.8 Å². The van der Waals surface area contributed by atoms with Crippen molar-refractivity contribution in [2.75, 3.05) is 0 Å². The third-order valence-electron chi connectivity index (χ3n) is 1.92. The Hall–Kier alpha value is -0.440. The molecule has 0 aliphatic rings. The number of rotatable bonds is 4. The predicted molar refractivity (Wildman–Crippen MR) is 59.1 cm³/mol. The lowest BCUT2D eigenvalue weighted by Gasteiger charge is -2.02. The molecule has 0 amide bonds. The number of hydrogen-bond acceptors (Lipinski definition) is 2. The van der Waals surface area contributed by atoms with Crippen molar-refractivity contribution in [1.29, 1.82) is 0 Å². The third-order valence-corrected chi connectivity index (χ3v) is 3.03. The molecule has 0 aliphatic carbocycles. The van der Waals surface area contributed by atoms with E-state index in [2.05, 4.69) is 39.0 Å². The maximum absolute atomic E-state index is 4.50. The van der Waals surface area contributed by atoms with Crippen LogP contribution in [-0.2, 0) is 12.3 Å². The lowest BCUT2D eigenvalue weighted by Crippen LogP contribution is -1.96. The number of aryl methyl sites for hydroxylation is 2. The minimum atomic E-state index is 0.686. The smallest absolute Gasteiger partial charge is 0.0752 e. The molecule has 13 heavy (non-hydrogen) atoms. The molecule has 0 N–H and O–H groups in total. The molecule has 74 valence electrons. The summed E-state index contributed by atoms with van der Waals surface area (Å²) >= 11 is 1.95. The summed E-state index contributed by atoms with van der Waals surface area (Å²) in [7, 11) is 0. The van der Waals surface area contributed by atoms with Crippen LogP contribution in [0.5, 0.6) is 0 Å². The fourth-order valence-corrected chi connectivity index (χ4v) is 1.89. The first-order valence-corrected chi connectivity index (χ1v) is 5.83. The zero-order valence-electron chi connectivity index (χ0n) is 8.87. The minimum Gasteiger partial charge on any atom is -0.272 e. The number of hydrogen-bond donors (Lipinski definition) is 0. The lowest BCUT2D eigenvalue weighted by molar-refractivity contribution is 0.652. The Bertz CT molecular complexity index is 266. The highest BCUT2D eigenvalue weighted by Crippen LogP contribution is 2.18. The van der Waals surface area contributed by atoms with Crippen molar-refractivity contribution in [3.63, 3.8) is 0 Å². The third kappa shape index (κ3) is 3.07. The van der Waals surface area contributed by atoms with Crippen molar-refractivity contribution in [2.45, 2.75) is 45.2 Å². The van der Waals surface area contributed by atoms with Gasteiger partial charge in [-0.3, -0.25) is 4.68 Å². The van der Waals surface area contributed by atoms with Crippen LogP contribution in [0, 0.1) is 6.92 Å². The first kappa shape index (κ1) is 10.6. The van der Waals surface area contributed by atoms with Crippen molar-refractivity contribution in [3.8, 4) is 0 Å². The van der Waals surface area contributed by atoms with E-state index >= 15 is 0 Å². The van der Waals surface area contributed by atoms with E-state index in [1.807, 2.05) is 16.4 Å². The van der Waals surface area contributed by atoms with E-state index in [1.165, 1.54) is 11.3 Å². The van der Waals surface area contributed by atoms with Crippen molar-refractivity contribution >= 4 is 11.8 Å². The summed E-state index contributed by atoms with van der Waals surface area (Å²) in [4.78, 5) is 0. The summed E-state index contributed by atoms with van der Waals surface area (Å²) in [5, 5.41) is 5.18. The van der Waals surface area contributed by atoms with Crippen LogP contribution in [0.3, 0.4) is 0 Å². The molecule has 1 heterocycles. The molecule has 0 unspecified atom stereocenters. The monoisotopic (exact) mass is 198 g/mol. The summed E-state index contributed by atoms with van der Waals surface area (Å²) in [6.07, 6.45) is 2.12. The standard InChI is InChI=1S/C10H18N2S/c1-5-12-6-9(4)10(11-12)7-13-8(2)3/h6,8H,5,7H2,1-4H3. The Morgan fingerprint density at radius 3 is 2.69 bits per heavy atom. The zero-order valence-corrected chi connectivity index (χ0v) is 9.69. The van der Waals surface area contributed by atoms with Gasteiger partial charge in [-0.15, -0.1) is 0 Å². The molecule has 3 heteroatoms. The van der Waals surface area contributed by atoms with E-state index < -0.39 is 0 Å². The molecule has 0 spiro atoms. The van der Waals surface area contributed by atoms with Crippen LogP contribution in [0.25, 0.3) is 0 Å². The first-order valence-electron chi connectivity index (χ1n) is 4.78. The number of thioether (sulfide) groups is 1. The molecule has 2 nitrogen and oxygen atoms in total. The van der Waals surface area contributed by atoms with E-state index in [-0.39, 0.29) is 0 Å². The highest BCUT2D eigenvalue weighted by molar-refractivity contribution is 7.99. The van der Waals surface area contributed by atoms with Crippen LogP contribution in [0.1, 0.15) is 32.0 Å². The van der Waals surface area contributed by atoms with Gasteiger partial charge < -0.3 is 0 Å². The summed E-state index contributed by atoms with van der Waals surface area (Å²) in [6.45, 7) is 9.65. The van der Waals surface area contributed by atoms with Crippen LogP contribution in [0.15, 0.2) is 6.20 Å². The quantitative estimate of drug-likeness (QED) is 0.740. The zero-order chi connectivity index (χ0) is 9.84. The highest BCUT2D eigenvalue weighted by atomic mass is 32.2. The second-order valence-electron chi connectivity index (χ2n) is 3.47. The second kappa shape index (κ2) is 4.70. The summed E-state index contributed by atoms with van der Waals surface area (Å²) in [5.74, 6) is 1.04. The molecule has 0 bridgehead atoms. The van der Waals surface area contributed by atoms with Crippen molar-refractivity contribution in [1.82, 2.24) is 9.78 Å². The van der Waals surface area contributed by atoms with Crippen LogP contribution in [0.4, 0.5) is 0 Å². The average Bonchev–Trinajstić information content (AvgIpc) is 2.43. The molecule has 0 saturated heterocycles. The molecular weight excluding hydrogens is 180 g/mol. The predicted octanol–water partition coefficient (Wildman–Crippen LogP) is 2.85. The van der Waals surface area contributed by atoms with Crippen molar-refractivity contribution in [2.24, 2.45) is 0 Å². The molecular formula is C10H18N2S. The van der Waals surface area contributed by atoms with Gasteiger partial charge in [0.2, 0.25) is 0 Å². The Labute approximate surface area is 84.7 Å². The topological polar surface area (TPSA) is 17.8 Å². The first-order chi connectivity index (χ1) is 6.13. The summed E-state index contributed by atoms with van der Waals surface area (Å²) in [6, 6.07) is 0. The van der Waals surface area contributed by atoms with Gasteiger partial charge in [0.25, 0.3) is 0 Å². The van der Waals surface area contributed by atoms with Gasteiger partial charge in [0.05, 0.1) is 5.69 Å². The van der Waals surface area contributed by atoms with Crippen LogP contribution in [0.2, 0.25) is 0 Å². The molecule has 1 aromatic heterocycles. The maximum Gasteiger partial charge on any atom is 0.0752 e. The Balaban J connectivity index is 2.60. The molecule has 1 aromatic rings. The summed E-state index contributed by atoms with van der Waals surface area (Å²) in [5.41, 5.74) is 2.55. The van der Waals surface area contributed by atoms with Crippen molar-refractivity contribution < 1.29 is 0 Å². The Morgan fingerprint density at radius 2 is 2.23 bits per heavy atom. The van der Waals surface area contributed by atoms with Gasteiger partial charge in [-0.2, -0.15) is 16.9 Å². The average molecular weight is 198 g/mol. The van der Waals surface area contributed by atoms with E-state index in [4.69, 9.17) is 0 Å². The van der Waals surface area contributed by atoms with Crippen LogP contribution >= 0.6 is 11.8 Å². The Morgan fingerprint density at radius 1 is 1.54 bits per heavy atom. The molecule has 0 saturated carbocycles. The molecule has 1 rings (SSSR count). The van der Waals surface area contributed by atoms with E-state index in [0.29, 0.717) is 5.25 Å². The SMILES string of the molecule is CCn1cc(C)c(CSC(C)C)n1. The van der Waals surface area contributed by atoms with Gasteiger partial charge in [-0.05, 0) is 24.7 Å². The van der Waals surface area contributed by atoms with Gasteiger partial charge >= 0.3 is 0 Å². The molecule has 0 aliphatic heterocycles. The number of aromatic nitrogens is 2. The maximum atomic E-state index is 4.50. The van der Waals surface area contributed by atoms with Gasteiger partial charge in [-0.25, -0.2) is 0 Å². The molecule has 0 aromatic carbocycles. The molecule has 0 atom stereocenters. The van der Waals surface area contributed by atoms with Crippen LogP contribution in [-0.4, -0.2) is 15.0 Å². The fraction of sp³-hybridized carbons (Fsp3) is 0.700. The normalized spacial score (nSPS) is 11.2. The minimum absolute atomic E-state index is 0.686. The van der Waals surface area contributed by atoms with Gasteiger partial charge in [0.1, 0.15) is 0 Å². The largest absolute Gasteiger partial charge is 0.272 e. The highest BCUT2D eigenvalue weighted by Gasteiger charge is 2.04. The molecule has 0 radical (unpaired) electrons. The van der Waals surface area contributed by atoms with E-state index in [0.717, 1.165) is 12.3 Å². The van der Waals surface area contributed by atoms with E-state index in [1.54, 1.807) is 0 Å². The van der Waals surface area contributed by atoms with Gasteiger partial charge in [0.15, 0.2) is 0 Å². The Kier molecular flexibility index (Phi) is 3.85. The molecule has 0 fully saturated rings. The fourth-order valence-electron chi connectivity index (χ4n) is 1.11. The van der Waals surface area contributed by atoms with E-state index in [9.17, 15) is 0 Å². The van der Waals surface area contributed by atoms with Gasteiger partial charge in [0, 0.05) is 18.5 Å².